The Morgan fingerprint density at radius 3 is 1.12 bits per heavy atom. The average Bonchev–Trinajstić information content (AvgIpc) is 1.98. The first-order valence-corrected chi connectivity index (χ1v) is 4.33. The Labute approximate surface area is 98.7 Å². The fraction of sp³-hybridized carbons (Fsp3) is 1.00. The van der Waals surface area contributed by atoms with Gasteiger partial charge in [0.2, 0.25) is 0 Å². The summed E-state index contributed by atoms with van der Waals surface area (Å²) in [6.07, 6.45) is -12.5. The molecular formula is C6H3Cl2F9. The minimum Gasteiger partial charge on any atom is -0.217 e. The maximum atomic E-state index is 13.1. The van der Waals surface area contributed by atoms with Gasteiger partial charge in [-0.15, -0.1) is 11.6 Å². The quantitative estimate of drug-likeness (QED) is 0.514. The van der Waals surface area contributed by atoms with Gasteiger partial charge in [0.25, 0.3) is 5.13 Å². The number of rotatable bonds is 2. The normalized spacial score (nSPS) is 21.9. The minimum atomic E-state index is -6.62. The summed E-state index contributed by atoms with van der Waals surface area (Å²) in [5.41, 5.74) is 0. The van der Waals surface area contributed by atoms with Crippen LogP contribution in [-0.4, -0.2) is 28.3 Å². The zero-order chi connectivity index (χ0) is 14.5. The van der Waals surface area contributed by atoms with E-state index in [0.717, 1.165) is 0 Å². The summed E-state index contributed by atoms with van der Waals surface area (Å²) in [5, 5.41) is -5.59. The Hall–Kier alpha value is -0.0500. The van der Waals surface area contributed by atoms with Gasteiger partial charge in [0.05, 0.1) is 0 Å². The summed E-state index contributed by atoms with van der Waals surface area (Å²) in [7, 11) is 0. The molecule has 0 rings (SSSR count). The van der Waals surface area contributed by atoms with E-state index in [1.54, 1.807) is 0 Å². The molecule has 0 aromatic rings. The highest BCUT2D eigenvalue weighted by Gasteiger charge is 2.81. The van der Waals surface area contributed by atoms with Crippen molar-refractivity contribution in [1.29, 1.82) is 0 Å². The third-order valence-electron chi connectivity index (χ3n) is 1.87. The third-order valence-corrected chi connectivity index (χ3v) is 3.06. The van der Waals surface area contributed by atoms with E-state index in [1.807, 2.05) is 0 Å². The monoisotopic (exact) mass is 316 g/mol. The summed E-state index contributed by atoms with van der Waals surface area (Å²) < 4.78 is 110. The lowest BCUT2D eigenvalue weighted by Gasteiger charge is -2.39. The molecule has 0 aliphatic carbocycles. The highest BCUT2D eigenvalue weighted by Crippen LogP contribution is 2.58. The van der Waals surface area contributed by atoms with Gasteiger partial charge in [-0.25, -0.2) is 4.39 Å². The van der Waals surface area contributed by atoms with Gasteiger partial charge < -0.3 is 0 Å². The maximum Gasteiger partial charge on any atom is 0.458 e. The van der Waals surface area contributed by atoms with E-state index < -0.39 is 35.2 Å². The first-order chi connectivity index (χ1) is 7.00. The molecule has 0 aliphatic heterocycles. The van der Waals surface area contributed by atoms with E-state index in [0.29, 0.717) is 0 Å². The van der Waals surface area contributed by atoms with E-state index in [1.165, 1.54) is 0 Å². The minimum absolute atomic E-state index is 0.415. The first-order valence-electron chi connectivity index (χ1n) is 3.58. The van der Waals surface area contributed by atoms with E-state index in [9.17, 15) is 39.5 Å². The molecule has 17 heavy (non-hydrogen) atoms. The van der Waals surface area contributed by atoms with Crippen molar-refractivity contribution >= 4 is 23.2 Å². The molecule has 0 heterocycles. The lowest BCUT2D eigenvalue weighted by Crippen LogP contribution is -2.64. The molecule has 0 aromatic heterocycles. The fourth-order valence-corrected chi connectivity index (χ4v) is 0.984. The summed E-state index contributed by atoms with van der Waals surface area (Å²) in [5.74, 6) is -6.48. The van der Waals surface area contributed by atoms with E-state index >= 15 is 0 Å². The van der Waals surface area contributed by atoms with E-state index in [-0.39, 0.29) is 0 Å². The third kappa shape index (κ3) is 2.40. The second-order valence-corrected chi connectivity index (χ2v) is 4.42. The smallest absolute Gasteiger partial charge is 0.217 e. The van der Waals surface area contributed by atoms with Crippen LogP contribution in [0.5, 0.6) is 0 Å². The van der Waals surface area contributed by atoms with Crippen LogP contribution in [0.15, 0.2) is 0 Å². The molecule has 0 radical (unpaired) electrons. The van der Waals surface area contributed by atoms with Crippen LogP contribution in [0.4, 0.5) is 39.5 Å². The van der Waals surface area contributed by atoms with Gasteiger partial charge in [0.15, 0.2) is 4.87 Å². The molecule has 0 fully saturated rings. The molecule has 0 saturated heterocycles. The number of halogens is 11. The molecule has 2 atom stereocenters. The topological polar surface area (TPSA) is 0 Å². The summed E-state index contributed by atoms with van der Waals surface area (Å²) in [4.78, 5) is -4.62. The summed E-state index contributed by atoms with van der Waals surface area (Å²) in [6, 6.07) is 0. The molecule has 0 aliphatic rings. The van der Waals surface area contributed by atoms with Crippen LogP contribution in [0, 0.1) is 0 Å². The molecular weight excluding hydrogens is 314 g/mol. The van der Waals surface area contributed by atoms with Crippen LogP contribution in [0.2, 0.25) is 0 Å². The highest BCUT2D eigenvalue weighted by atomic mass is 35.5. The van der Waals surface area contributed by atoms with Crippen molar-refractivity contribution in [2.45, 2.75) is 35.2 Å². The second kappa shape index (κ2) is 3.97. The van der Waals surface area contributed by atoms with Crippen molar-refractivity contribution in [2.75, 3.05) is 0 Å². The van der Waals surface area contributed by atoms with Gasteiger partial charge in [-0.1, -0.05) is 11.6 Å². The molecule has 0 saturated carbocycles. The summed E-state index contributed by atoms with van der Waals surface area (Å²) in [6.45, 7) is -0.415. The summed E-state index contributed by atoms with van der Waals surface area (Å²) >= 11 is 8.48. The fourth-order valence-electron chi connectivity index (χ4n) is 0.651. The molecule has 2 unspecified atom stereocenters. The number of alkyl halides is 11. The van der Waals surface area contributed by atoms with Crippen LogP contribution in [0.3, 0.4) is 0 Å². The van der Waals surface area contributed by atoms with E-state index in [4.69, 9.17) is 0 Å². The molecule has 0 N–H and O–H groups in total. The van der Waals surface area contributed by atoms with Crippen LogP contribution in [0.1, 0.15) is 6.92 Å². The van der Waals surface area contributed by atoms with Gasteiger partial charge in [0, 0.05) is 0 Å². The van der Waals surface area contributed by atoms with Gasteiger partial charge in [0.1, 0.15) is 0 Å². The van der Waals surface area contributed by atoms with Crippen molar-refractivity contribution in [1.82, 2.24) is 0 Å². The Bertz CT molecular complexity index is 259. The average molecular weight is 317 g/mol. The molecule has 104 valence electrons. The van der Waals surface area contributed by atoms with Gasteiger partial charge in [-0.05, 0) is 6.92 Å². The largest absolute Gasteiger partial charge is 0.458 e. The molecule has 0 spiro atoms. The van der Waals surface area contributed by atoms with Crippen molar-refractivity contribution in [3.8, 4) is 0 Å². The molecule has 11 heteroatoms. The SMILES string of the molecule is CC(Cl)(C(F)(F)F)C(F)(Cl)C(F)(F)C(F)(F)F. The first kappa shape index (κ1) is 16.9. The second-order valence-electron chi connectivity index (χ2n) is 3.15. The van der Waals surface area contributed by atoms with Gasteiger partial charge >= 0.3 is 18.3 Å². The number of hydrogen-bond donors (Lipinski definition) is 0. The molecule has 0 bridgehead atoms. The number of hydrogen-bond acceptors (Lipinski definition) is 0. The Kier molecular flexibility index (Phi) is 3.96. The highest BCUT2D eigenvalue weighted by molar-refractivity contribution is 6.34. The zero-order valence-corrected chi connectivity index (χ0v) is 9.17. The molecule has 0 nitrogen and oxygen atoms in total. The Morgan fingerprint density at radius 1 is 0.647 bits per heavy atom. The van der Waals surface area contributed by atoms with Crippen LogP contribution in [-0.2, 0) is 0 Å². The Balaban J connectivity index is 5.73. The lowest BCUT2D eigenvalue weighted by molar-refractivity contribution is -0.329. The van der Waals surface area contributed by atoms with Crippen molar-refractivity contribution in [3.05, 3.63) is 0 Å². The van der Waals surface area contributed by atoms with Gasteiger partial charge in [-0.3, -0.25) is 0 Å². The van der Waals surface area contributed by atoms with E-state index in [2.05, 4.69) is 23.2 Å². The molecule has 0 aromatic carbocycles. The van der Waals surface area contributed by atoms with Crippen molar-refractivity contribution < 1.29 is 39.5 Å². The Morgan fingerprint density at radius 2 is 0.941 bits per heavy atom. The standard InChI is InChI=1S/C6H3Cl2F9/c1-2(7,5(12,13)14)3(8,9)4(10,11)6(15,16)17/h1H3. The van der Waals surface area contributed by atoms with Crippen molar-refractivity contribution in [2.24, 2.45) is 0 Å². The van der Waals surface area contributed by atoms with Crippen LogP contribution in [0.25, 0.3) is 0 Å². The van der Waals surface area contributed by atoms with Gasteiger partial charge in [-0.2, -0.15) is 35.1 Å². The predicted molar refractivity (Wildman–Crippen MR) is 41.0 cm³/mol. The van der Waals surface area contributed by atoms with Crippen molar-refractivity contribution in [3.63, 3.8) is 0 Å². The predicted octanol–water partition coefficient (Wildman–Crippen LogP) is 4.65. The lowest BCUT2D eigenvalue weighted by atomic mass is 9.97. The molecule has 0 amide bonds. The zero-order valence-electron chi connectivity index (χ0n) is 7.66. The van der Waals surface area contributed by atoms with Crippen LogP contribution >= 0.6 is 23.2 Å². The maximum absolute atomic E-state index is 13.1. The van der Waals surface area contributed by atoms with Crippen LogP contribution < -0.4 is 0 Å².